The van der Waals surface area contributed by atoms with Gasteiger partial charge in [0.05, 0.1) is 32.3 Å². The molecular weight excluding hydrogens is 729 g/mol. The predicted octanol–water partition coefficient (Wildman–Crippen LogP) is 12.5. The van der Waals surface area contributed by atoms with Gasteiger partial charge in [0.15, 0.2) is 0 Å². The Bertz CT molecular complexity index is 1900. The topological polar surface area (TPSA) is 0 Å². The third-order valence-corrected chi connectivity index (χ3v) is 25.6. The molecule has 0 saturated carbocycles. The van der Waals surface area contributed by atoms with Crippen molar-refractivity contribution in [2.45, 2.75) is 137 Å². The Morgan fingerprint density at radius 2 is 0.815 bits per heavy atom. The van der Waals surface area contributed by atoms with Gasteiger partial charge in [0, 0.05) is 0 Å². The van der Waals surface area contributed by atoms with Crippen LogP contribution in [0.1, 0.15) is 54.9 Å². The Labute approximate surface area is 335 Å². The second-order valence-electron chi connectivity index (χ2n) is 21.2. The van der Waals surface area contributed by atoms with Gasteiger partial charge in [-0.15, -0.1) is 0 Å². The van der Waals surface area contributed by atoms with Gasteiger partial charge in [-0.2, -0.15) is 0 Å². The third kappa shape index (κ3) is 8.56. The maximum atomic E-state index is 2.75. The van der Waals surface area contributed by atoms with E-state index < -0.39 is 40.4 Å². The first kappa shape index (κ1) is 41.1. The highest BCUT2D eigenvalue weighted by Gasteiger charge is 2.40. The maximum absolute atomic E-state index is 2.75. The molecule has 0 bridgehead atoms. The van der Waals surface area contributed by atoms with Crippen molar-refractivity contribution in [2.24, 2.45) is 0 Å². The molecule has 0 N–H and O–H groups in total. The highest BCUT2D eigenvalue weighted by molar-refractivity contribution is 6.93. The van der Waals surface area contributed by atoms with Gasteiger partial charge in [-0.05, 0) is 57.3 Å². The van der Waals surface area contributed by atoms with Crippen LogP contribution in [0.2, 0.25) is 91.2 Å². The van der Waals surface area contributed by atoms with Gasteiger partial charge in [0.2, 0.25) is 0 Å². The molecule has 0 aromatic heterocycles. The number of fused-ring (bicyclic) bond motifs is 2. The van der Waals surface area contributed by atoms with Crippen LogP contribution >= 0.6 is 0 Å². The number of rotatable bonds is 13. The van der Waals surface area contributed by atoms with Crippen molar-refractivity contribution in [2.75, 3.05) is 0 Å². The molecule has 0 saturated heterocycles. The van der Waals surface area contributed by atoms with Crippen LogP contribution < -0.4 is 20.7 Å². The molecule has 0 amide bonds. The van der Waals surface area contributed by atoms with Gasteiger partial charge in [0.1, 0.15) is 8.07 Å². The average Bonchev–Trinajstić information content (AvgIpc) is 3.74. The molecule has 2 aliphatic carbocycles. The summed E-state index contributed by atoms with van der Waals surface area (Å²) >= 11 is 0. The van der Waals surface area contributed by atoms with Crippen molar-refractivity contribution in [1.82, 2.24) is 0 Å². The van der Waals surface area contributed by atoms with Crippen molar-refractivity contribution in [1.29, 1.82) is 0 Å². The van der Waals surface area contributed by atoms with Crippen LogP contribution in [-0.2, 0) is 12.8 Å². The predicted molar refractivity (Wildman–Crippen MR) is 260 cm³/mol. The van der Waals surface area contributed by atoms with Gasteiger partial charge in [-0.1, -0.05) is 240 Å². The molecule has 0 spiro atoms. The van der Waals surface area contributed by atoms with Crippen molar-refractivity contribution in [3.8, 4) is 22.3 Å². The first-order valence-electron chi connectivity index (χ1n) is 21.1. The molecule has 0 radical (unpaired) electrons. The fourth-order valence-corrected chi connectivity index (χ4v) is 17.8. The second-order valence-corrected chi connectivity index (χ2v) is 45.9. The van der Waals surface area contributed by atoms with Gasteiger partial charge in [-0.25, -0.2) is 0 Å². The summed E-state index contributed by atoms with van der Waals surface area (Å²) in [7, 11) is -7.96. The number of benzene rings is 4. The summed E-state index contributed by atoms with van der Waals surface area (Å²) in [6, 6.07) is 31.2. The molecule has 2 aliphatic rings. The number of allylic oxidation sites excluding steroid dienone is 2. The number of unbranched alkanes of at least 4 members (excludes halogenated alkanes) is 3. The van der Waals surface area contributed by atoms with Gasteiger partial charge < -0.3 is 0 Å². The quantitative estimate of drug-likeness (QED) is 0.0933. The van der Waals surface area contributed by atoms with Crippen LogP contribution in [0.25, 0.3) is 34.4 Å². The van der Waals surface area contributed by atoms with Crippen LogP contribution in [0.3, 0.4) is 0 Å². The minimum atomic E-state index is -1.99. The SMILES string of the molecule is CCCCCC[Si](C)(C1=Cc2c(cccc2-c2cc([Si](C)(C)C)cc([Si](C)(C)C)c2)C1)C1=Cc2c(cccc2-c2cc([Si](C)(C)C)cc([Si](C)(C)C)c2)C1. The summed E-state index contributed by atoms with van der Waals surface area (Å²) in [4.78, 5) is 0. The van der Waals surface area contributed by atoms with Crippen molar-refractivity contribution in [3.63, 3.8) is 0 Å². The van der Waals surface area contributed by atoms with Crippen LogP contribution in [0.5, 0.6) is 0 Å². The van der Waals surface area contributed by atoms with Crippen LogP contribution in [0, 0.1) is 0 Å². The average molecular weight is 800 g/mol. The molecule has 0 heterocycles. The summed E-state index contributed by atoms with van der Waals surface area (Å²) in [5.41, 5.74) is 11.9. The van der Waals surface area contributed by atoms with Crippen molar-refractivity contribution < 1.29 is 0 Å². The third-order valence-electron chi connectivity index (χ3n) is 12.7. The number of hydrogen-bond donors (Lipinski definition) is 0. The Hall–Kier alpha value is -2.56. The van der Waals surface area contributed by atoms with Gasteiger partial charge >= 0.3 is 0 Å². The second kappa shape index (κ2) is 15.1. The largest absolute Gasteiger partial charge is 0.106 e. The van der Waals surface area contributed by atoms with E-state index in [0.29, 0.717) is 0 Å². The molecule has 0 atom stereocenters. The summed E-state index contributed by atoms with van der Waals surface area (Å²) in [5, 5.41) is 9.92. The molecule has 0 unspecified atom stereocenters. The highest BCUT2D eigenvalue weighted by atomic mass is 28.3. The zero-order chi connectivity index (χ0) is 39.4. The minimum absolute atomic E-state index is 1.12. The molecule has 5 heteroatoms. The lowest BCUT2D eigenvalue weighted by molar-refractivity contribution is 0.697. The van der Waals surface area contributed by atoms with Crippen molar-refractivity contribution >= 4 is 73.3 Å². The molecule has 0 aliphatic heterocycles. The van der Waals surface area contributed by atoms with E-state index in [4.69, 9.17) is 0 Å². The van der Waals surface area contributed by atoms with Crippen LogP contribution in [0.15, 0.2) is 83.2 Å². The van der Waals surface area contributed by atoms with Gasteiger partial charge in [0.25, 0.3) is 0 Å². The lowest BCUT2D eigenvalue weighted by Crippen LogP contribution is -2.45. The molecule has 4 aromatic rings. The van der Waals surface area contributed by atoms with E-state index in [1.54, 1.807) is 42.3 Å². The Morgan fingerprint density at radius 3 is 1.15 bits per heavy atom. The van der Waals surface area contributed by atoms with Crippen molar-refractivity contribution in [3.05, 3.63) is 105 Å². The lowest BCUT2D eigenvalue weighted by atomic mass is 9.97. The molecule has 4 aromatic carbocycles. The van der Waals surface area contributed by atoms with Crippen LogP contribution in [-0.4, -0.2) is 40.4 Å². The smallest absolute Gasteiger partial charge is 0.0712 e. The first-order valence-corrected chi connectivity index (χ1v) is 37.8. The molecule has 6 rings (SSSR count). The van der Waals surface area contributed by atoms with E-state index in [1.807, 2.05) is 0 Å². The molecule has 0 nitrogen and oxygen atoms in total. The Balaban J connectivity index is 1.47. The monoisotopic (exact) mass is 798 g/mol. The van der Waals surface area contributed by atoms with Crippen LogP contribution in [0.4, 0.5) is 0 Å². The lowest BCUT2D eigenvalue weighted by Gasteiger charge is -2.31. The molecule has 286 valence electrons. The fourth-order valence-electron chi connectivity index (χ4n) is 8.68. The summed E-state index contributed by atoms with van der Waals surface area (Å²) in [6.45, 7) is 35.2. The Kier molecular flexibility index (Phi) is 11.5. The highest BCUT2D eigenvalue weighted by Crippen LogP contribution is 2.45. The molecular formula is C49H70Si5. The fraction of sp³-hybridized carbons (Fsp3) is 0.429. The Morgan fingerprint density at radius 1 is 0.444 bits per heavy atom. The zero-order valence-electron chi connectivity index (χ0n) is 36.5. The van der Waals surface area contributed by atoms with E-state index in [9.17, 15) is 0 Å². The summed E-state index contributed by atoms with van der Waals surface area (Å²) in [6.07, 6.45) is 13.0. The van der Waals surface area contributed by atoms with E-state index in [2.05, 4.69) is 177 Å². The van der Waals surface area contributed by atoms with E-state index in [-0.39, 0.29) is 0 Å². The molecule has 54 heavy (non-hydrogen) atoms. The zero-order valence-corrected chi connectivity index (χ0v) is 41.5. The van der Waals surface area contributed by atoms with E-state index in [1.165, 1.54) is 65.1 Å². The van der Waals surface area contributed by atoms with Gasteiger partial charge in [-0.3, -0.25) is 0 Å². The number of hydrogen-bond acceptors (Lipinski definition) is 0. The van der Waals surface area contributed by atoms with E-state index in [0.717, 1.165) is 12.8 Å². The first-order chi connectivity index (χ1) is 25.1. The summed E-state index contributed by atoms with van der Waals surface area (Å²) in [5.74, 6) is 0. The summed E-state index contributed by atoms with van der Waals surface area (Å²) < 4.78 is 0. The standard InChI is InChI=1S/C49H70Si5/c1-15-16-17-18-25-54(14,44-26-36-21-19-23-46(48(36)34-44)38-28-40(50(2,3)4)32-41(29-38)51(5,6)7)45-27-37-22-20-24-47(49(37)35-45)39-30-42(52(8,9)10)33-43(31-39)53(11,12)13/h19-24,28-35H,15-18,25-27H2,1-14H3. The molecule has 0 fully saturated rings. The maximum Gasteiger partial charge on any atom is 0.106 e. The van der Waals surface area contributed by atoms with E-state index >= 15 is 0 Å². The normalized spacial score (nSPS) is 14.9. The minimum Gasteiger partial charge on any atom is -0.0712 e.